The van der Waals surface area contributed by atoms with Crippen LogP contribution in [0.2, 0.25) is 0 Å². The molecule has 0 aromatic heterocycles. The number of fused-ring (bicyclic) bond motifs is 2. The van der Waals surface area contributed by atoms with Crippen LogP contribution in [0.4, 0.5) is 4.39 Å². The van der Waals surface area contributed by atoms with Crippen molar-refractivity contribution in [1.29, 1.82) is 5.26 Å². The number of benzene rings is 1. The summed E-state index contributed by atoms with van der Waals surface area (Å²) in [6.07, 6.45) is 4.26. The van der Waals surface area contributed by atoms with Gasteiger partial charge in [0.1, 0.15) is 11.9 Å². The molecule has 4 heteroatoms. The highest BCUT2D eigenvalue weighted by Crippen LogP contribution is 2.40. The number of nitriles is 1. The van der Waals surface area contributed by atoms with Crippen LogP contribution in [0.1, 0.15) is 43.2 Å². The molecule has 2 saturated heterocycles. The lowest BCUT2D eigenvalue weighted by molar-refractivity contribution is -0.0384. The van der Waals surface area contributed by atoms with Gasteiger partial charge in [-0.25, -0.2) is 4.39 Å². The molecule has 1 aromatic carbocycles. The molecule has 1 aromatic rings. The number of nitrogens with one attached hydrogen (secondary N) is 1. The second kappa shape index (κ2) is 4.59. The Bertz CT molecular complexity index is 525. The summed E-state index contributed by atoms with van der Waals surface area (Å²) < 4.78 is 14.3. The Kier molecular flexibility index (Phi) is 3.04. The van der Waals surface area contributed by atoms with Crippen molar-refractivity contribution < 1.29 is 9.50 Å². The number of aliphatic hydroxyl groups is 1. The maximum absolute atomic E-state index is 14.3. The molecular weight excluding hydrogens is 243 g/mol. The van der Waals surface area contributed by atoms with Gasteiger partial charge in [0.15, 0.2) is 0 Å². The van der Waals surface area contributed by atoms with Gasteiger partial charge in [0, 0.05) is 17.6 Å². The van der Waals surface area contributed by atoms with Crippen LogP contribution < -0.4 is 5.32 Å². The fourth-order valence-corrected chi connectivity index (χ4v) is 3.53. The quantitative estimate of drug-likeness (QED) is 0.813. The van der Waals surface area contributed by atoms with Crippen molar-refractivity contribution in [2.45, 2.75) is 49.8 Å². The van der Waals surface area contributed by atoms with Crippen molar-refractivity contribution in [2.24, 2.45) is 0 Å². The number of piperidine rings is 2. The van der Waals surface area contributed by atoms with Crippen LogP contribution in [-0.2, 0) is 5.60 Å². The van der Waals surface area contributed by atoms with Crippen LogP contribution in [0.3, 0.4) is 0 Å². The molecule has 2 bridgehead atoms. The van der Waals surface area contributed by atoms with E-state index >= 15 is 0 Å². The van der Waals surface area contributed by atoms with Crippen molar-refractivity contribution in [3.63, 3.8) is 0 Å². The average Bonchev–Trinajstić information content (AvgIpc) is 2.38. The minimum atomic E-state index is -1.14. The van der Waals surface area contributed by atoms with E-state index in [9.17, 15) is 9.50 Å². The number of nitrogens with zero attached hydrogens (tertiary/aromatic N) is 1. The van der Waals surface area contributed by atoms with Gasteiger partial charge in [-0.3, -0.25) is 0 Å². The standard InChI is InChI=1S/C15H17FN2O/c16-14-10(9-17)3-1-6-13(14)15(19)7-11-4-2-5-12(8-15)18-11/h1,3,6,11-12,18-19H,2,4-5,7-8H2. The zero-order valence-corrected chi connectivity index (χ0v) is 10.7. The predicted molar refractivity (Wildman–Crippen MR) is 68.8 cm³/mol. The molecule has 2 atom stereocenters. The molecule has 0 saturated carbocycles. The molecule has 19 heavy (non-hydrogen) atoms. The van der Waals surface area contributed by atoms with E-state index in [2.05, 4.69) is 5.32 Å². The topological polar surface area (TPSA) is 56.0 Å². The number of halogens is 1. The summed E-state index contributed by atoms with van der Waals surface area (Å²) in [6, 6.07) is 7.05. The molecule has 0 radical (unpaired) electrons. The summed E-state index contributed by atoms with van der Waals surface area (Å²) in [5.41, 5.74) is -0.850. The third-order valence-corrected chi connectivity index (χ3v) is 4.37. The largest absolute Gasteiger partial charge is 0.385 e. The summed E-state index contributed by atoms with van der Waals surface area (Å²) in [4.78, 5) is 0. The molecule has 0 spiro atoms. The van der Waals surface area contributed by atoms with E-state index in [0.29, 0.717) is 12.8 Å². The van der Waals surface area contributed by atoms with Gasteiger partial charge in [-0.15, -0.1) is 0 Å². The first-order valence-corrected chi connectivity index (χ1v) is 6.80. The maximum Gasteiger partial charge on any atom is 0.147 e. The molecular formula is C15H17FN2O. The van der Waals surface area contributed by atoms with E-state index in [1.807, 2.05) is 6.07 Å². The van der Waals surface area contributed by atoms with Gasteiger partial charge in [-0.1, -0.05) is 18.6 Å². The first kappa shape index (κ1) is 12.6. The highest BCUT2D eigenvalue weighted by Gasteiger charge is 2.43. The van der Waals surface area contributed by atoms with Gasteiger partial charge in [0.2, 0.25) is 0 Å². The summed E-state index contributed by atoms with van der Waals surface area (Å²) in [6.45, 7) is 0. The number of hydrogen-bond donors (Lipinski definition) is 2. The van der Waals surface area contributed by atoms with Crippen LogP contribution >= 0.6 is 0 Å². The van der Waals surface area contributed by atoms with Gasteiger partial charge in [0.25, 0.3) is 0 Å². The van der Waals surface area contributed by atoms with Gasteiger partial charge >= 0.3 is 0 Å². The van der Waals surface area contributed by atoms with Crippen LogP contribution in [0.5, 0.6) is 0 Å². The SMILES string of the molecule is N#Cc1cccc(C2(O)CC3CCCC(C2)N3)c1F. The van der Waals surface area contributed by atoms with E-state index in [4.69, 9.17) is 5.26 Å². The molecule has 2 fully saturated rings. The van der Waals surface area contributed by atoms with Gasteiger partial charge in [0.05, 0.1) is 11.2 Å². The molecule has 2 unspecified atom stereocenters. The number of hydrogen-bond acceptors (Lipinski definition) is 3. The normalized spacial score (nSPS) is 33.7. The van der Waals surface area contributed by atoms with Crippen LogP contribution in [0.15, 0.2) is 18.2 Å². The summed E-state index contributed by atoms with van der Waals surface area (Å²) in [5.74, 6) is -0.563. The Morgan fingerprint density at radius 3 is 2.63 bits per heavy atom. The molecule has 100 valence electrons. The summed E-state index contributed by atoms with van der Waals surface area (Å²) >= 11 is 0. The van der Waals surface area contributed by atoms with Crippen LogP contribution in [0.25, 0.3) is 0 Å². The third-order valence-electron chi connectivity index (χ3n) is 4.37. The minimum absolute atomic E-state index is 0.00890. The van der Waals surface area contributed by atoms with Crippen molar-refractivity contribution >= 4 is 0 Å². The molecule has 2 aliphatic rings. The predicted octanol–water partition coefficient (Wildman–Crippen LogP) is 2.19. The monoisotopic (exact) mass is 260 g/mol. The molecule has 0 aliphatic carbocycles. The Labute approximate surface area is 112 Å². The van der Waals surface area contributed by atoms with Crippen molar-refractivity contribution in [1.82, 2.24) is 5.32 Å². The van der Waals surface area contributed by atoms with E-state index in [0.717, 1.165) is 12.8 Å². The van der Waals surface area contributed by atoms with Crippen molar-refractivity contribution in [3.8, 4) is 6.07 Å². The second-order valence-corrected chi connectivity index (χ2v) is 5.71. The Hall–Kier alpha value is -1.44. The molecule has 2 N–H and O–H groups in total. The van der Waals surface area contributed by atoms with Crippen LogP contribution in [-0.4, -0.2) is 17.2 Å². The highest BCUT2D eigenvalue weighted by molar-refractivity contribution is 5.38. The lowest BCUT2D eigenvalue weighted by Crippen LogP contribution is -2.54. The zero-order chi connectivity index (χ0) is 13.5. The van der Waals surface area contributed by atoms with Gasteiger partial charge in [-0.05, 0) is 31.7 Å². The zero-order valence-electron chi connectivity index (χ0n) is 10.7. The highest BCUT2D eigenvalue weighted by atomic mass is 19.1. The molecule has 2 aliphatic heterocycles. The second-order valence-electron chi connectivity index (χ2n) is 5.71. The minimum Gasteiger partial charge on any atom is -0.385 e. The smallest absolute Gasteiger partial charge is 0.147 e. The Morgan fingerprint density at radius 2 is 2.00 bits per heavy atom. The Morgan fingerprint density at radius 1 is 1.32 bits per heavy atom. The molecule has 3 nitrogen and oxygen atoms in total. The van der Waals surface area contributed by atoms with E-state index in [1.54, 1.807) is 12.1 Å². The summed E-state index contributed by atoms with van der Waals surface area (Å²) in [5, 5.41) is 23.2. The van der Waals surface area contributed by atoms with Crippen molar-refractivity contribution in [3.05, 3.63) is 35.1 Å². The average molecular weight is 260 g/mol. The van der Waals surface area contributed by atoms with Crippen LogP contribution in [0, 0.1) is 17.1 Å². The van der Waals surface area contributed by atoms with E-state index in [1.165, 1.54) is 12.5 Å². The number of rotatable bonds is 1. The third kappa shape index (κ3) is 2.13. The first-order valence-electron chi connectivity index (χ1n) is 6.80. The maximum atomic E-state index is 14.3. The molecule has 3 rings (SSSR count). The summed E-state index contributed by atoms with van der Waals surface area (Å²) in [7, 11) is 0. The van der Waals surface area contributed by atoms with E-state index < -0.39 is 11.4 Å². The molecule has 2 heterocycles. The lowest BCUT2D eigenvalue weighted by Gasteiger charge is -2.45. The van der Waals surface area contributed by atoms with E-state index in [-0.39, 0.29) is 23.2 Å². The lowest BCUT2D eigenvalue weighted by atomic mass is 9.73. The Balaban J connectivity index is 1.99. The van der Waals surface area contributed by atoms with Gasteiger partial charge < -0.3 is 10.4 Å². The fourth-order valence-electron chi connectivity index (χ4n) is 3.53. The van der Waals surface area contributed by atoms with Crippen molar-refractivity contribution in [2.75, 3.05) is 0 Å². The first-order chi connectivity index (χ1) is 9.12. The fraction of sp³-hybridized carbons (Fsp3) is 0.533. The van der Waals surface area contributed by atoms with Gasteiger partial charge in [-0.2, -0.15) is 5.26 Å². The molecule has 0 amide bonds.